The summed E-state index contributed by atoms with van der Waals surface area (Å²) in [6, 6.07) is 6.72. The molecule has 0 aromatic heterocycles. The maximum Gasteiger partial charge on any atom is 0.0919 e. The van der Waals surface area contributed by atoms with Crippen LogP contribution in [0.15, 0.2) is 18.2 Å². The van der Waals surface area contributed by atoms with Gasteiger partial charge in [-0.1, -0.05) is 30.7 Å². The largest absolute Gasteiger partial charge is 0.387 e. The van der Waals surface area contributed by atoms with Crippen LogP contribution in [-0.2, 0) is 4.74 Å². The van der Waals surface area contributed by atoms with E-state index in [0.717, 1.165) is 31.7 Å². The number of ether oxygens (including phenoxy) is 1. The van der Waals surface area contributed by atoms with Crippen molar-refractivity contribution in [1.29, 1.82) is 0 Å². The van der Waals surface area contributed by atoms with E-state index in [9.17, 15) is 5.11 Å². The molecular formula is C16H25NO2. The third kappa shape index (κ3) is 3.56. The predicted molar refractivity (Wildman–Crippen MR) is 77.3 cm³/mol. The van der Waals surface area contributed by atoms with Gasteiger partial charge in [-0.25, -0.2) is 0 Å². The second-order valence-corrected chi connectivity index (χ2v) is 5.51. The number of rotatable bonds is 4. The Labute approximate surface area is 116 Å². The molecule has 2 atom stereocenters. The first-order valence-electron chi connectivity index (χ1n) is 7.18. The first-order chi connectivity index (χ1) is 9.11. The summed E-state index contributed by atoms with van der Waals surface area (Å²) in [5.74, 6) is 0. The molecule has 0 bridgehead atoms. The number of nitrogens with zero attached hydrogens (tertiary/aromatic N) is 1. The molecule has 0 aliphatic carbocycles. The summed E-state index contributed by atoms with van der Waals surface area (Å²) in [5.41, 5.74) is 3.43. The quantitative estimate of drug-likeness (QED) is 0.905. The van der Waals surface area contributed by atoms with E-state index in [1.54, 1.807) is 0 Å². The Morgan fingerprint density at radius 3 is 2.95 bits per heavy atom. The van der Waals surface area contributed by atoms with E-state index < -0.39 is 6.10 Å². The number of morpholine rings is 1. The molecule has 0 radical (unpaired) electrons. The van der Waals surface area contributed by atoms with Crippen LogP contribution in [0.2, 0.25) is 0 Å². The van der Waals surface area contributed by atoms with Crippen molar-refractivity contribution in [3.63, 3.8) is 0 Å². The maximum atomic E-state index is 10.5. The van der Waals surface area contributed by atoms with Gasteiger partial charge in [-0.2, -0.15) is 0 Å². The van der Waals surface area contributed by atoms with Crippen LogP contribution in [0.1, 0.15) is 36.1 Å². The molecule has 106 valence electrons. The van der Waals surface area contributed by atoms with Crippen LogP contribution >= 0.6 is 0 Å². The number of β-amino-alcohol motifs (C(OH)–C–C–N with tert-alkyl or cyclic N) is 1. The molecule has 3 heteroatoms. The average Bonchev–Trinajstić information content (AvgIpc) is 2.42. The molecule has 0 amide bonds. The second-order valence-electron chi connectivity index (χ2n) is 5.51. The maximum absolute atomic E-state index is 10.5. The smallest absolute Gasteiger partial charge is 0.0919 e. The predicted octanol–water partition coefficient (Wildman–Crippen LogP) is 2.45. The summed E-state index contributed by atoms with van der Waals surface area (Å²) in [5, 5.41) is 10.5. The molecule has 0 saturated carbocycles. The second kappa shape index (κ2) is 6.51. The van der Waals surface area contributed by atoms with Crippen molar-refractivity contribution in [3.8, 4) is 0 Å². The minimum absolute atomic E-state index is 0.410. The SMILES string of the molecule is CCC1COCCN1CC(O)c1cc(C)ccc1C. The molecule has 19 heavy (non-hydrogen) atoms. The van der Waals surface area contributed by atoms with Crippen LogP contribution in [0, 0.1) is 13.8 Å². The molecule has 1 saturated heterocycles. The Morgan fingerprint density at radius 2 is 2.21 bits per heavy atom. The van der Waals surface area contributed by atoms with Gasteiger partial charge in [0, 0.05) is 19.1 Å². The van der Waals surface area contributed by atoms with Gasteiger partial charge < -0.3 is 9.84 Å². The van der Waals surface area contributed by atoms with Crippen molar-refractivity contribution >= 4 is 0 Å². The van der Waals surface area contributed by atoms with Crippen molar-refractivity contribution in [3.05, 3.63) is 34.9 Å². The van der Waals surface area contributed by atoms with E-state index in [2.05, 4.69) is 43.9 Å². The molecule has 1 aromatic rings. The molecule has 0 spiro atoms. The Kier molecular flexibility index (Phi) is 4.97. The van der Waals surface area contributed by atoms with Gasteiger partial charge >= 0.3 is 0 Å². The van der Waals surface area contributed by atoms with E-state index in [4.69, 9.17) is 4.74 Å². The first kappa shape index (κ1) is 14.5. The number of hydrogen-bond acceptors (Lipinski definition) is 3. The monoisotopic (exact) mass is 263 g/mol. The van der Waals surface area contributed by atoms with E-state index in [-0.39, 0.29) is 0 Å². The van der Waals surface area contributed by atoms with Gasteiger partial charge in [0.25, 0.3) is 0 Å². The molecule has 1 N–H and O–H groups in total. The first-order valence-corrected chi connectivity index (χ1v) is 7.18. The zero-order chi connectivity index (χ0) is 13.8. The Bertz CT molecular complexity index is 419. The van der Waals surface area contributed by atoms with Crippen LogP contribution in [0.4, 0.5) is 0 Å². The van der Waals surface area contributed by atoms with Crippen LogP contribution in [-0.4, -0.2) is 42.4 Å². The summed E-state index contributed by atoms with van der Waals surface area (Å²) >= 11 is 0. The molecule has 1 aliphatic heterocycles. The number of benzene rings is 1. The third-order valence-corrected chi connectivity index (χ3v) is 4.02. The minimum atomic E-state index is -0.410. The van der Waals surface area contributed by atoms with Crippen molar-refractivity contribution in [2.24, 2.45) is 0 Å². The fourth-order valence-electron chi connectivity index (χ4n) is 2.74. The highest BCUT2D eigenvalue weighted by atomic mass is 16.5. The molecule has 1 aliphatic rings. The van der Waals surface area contributed by atoms with Gasteiger partial charge in [-0.05, 0) is 31.4 Å². The lowest BCUT2D eigenvalue weighted by atomic mass is 9.99. The summed E-state index contributed by atoms with van der Waals surface area (Å²) < 4.78 is 5.51. The summed E-state index contributed by atoms with van der Waals surface area (Å²) in [7, 11) is 0. The van der Waals surface area contributed by atoms with Crippen LogP contribution in [0.25, 0.3) is 0 Å². The Balaban J connectivity index is 2.07. The fraction of sp³-hybridized carbons (Fsp3) is 0.625. The molecule has 1 aromatic carbocycles. The van der Waals surface area contributed by atoms with Crippen LogP contribution in [0.3, 0.4) is 0 Å². The van der Waals surface area contributed by atoms with Gasteiger partial charge in [-0.15, -0.1) is 0 Å². The topological polar surface area (TPSA) is 32.7 Å². The zero-order valence-corrected chi connectivity index (χ0v) is 12.2. The normalized spacial score (nSPS) is 22.4. The van der Waals surface area contributed by atoms with E-state index in [0.29, 0.717) is 12.6 Å². The van der Waals surface area contributed by atoms with Gasteiger partial charge in [0.1, 0.15) is 0 Å². The zero-order valence-electron chi connectivity index (χ0n) is 12.2. The van der Waals surface area contributed by atoms with E-state index >= 15 is 0 Å². The van der Waals surface area contributed by atoms with Crippen molar-refractivity contribution in [1.82, 2.24) is 4.90 Å². The summed E-state index contributed by atoms with van der Waals surface area (Å²) in [4.78, 5) is 2.36. The van der Waals surface area contributed by atoms with Crippen molar-refractivity contribution in [2.75, 3.05) is 26.3 Å². The van der Waals surface area contributed by atoms with Crippen LogP contribution < -0.4 is 0 Å². The number of aryl methyl sites for hydroxylation is 2. The Hall–Kier alpha value is -0.900. The lowest BCUT2D eigenvalue weighted by Crippen LogP contribution is -2.46. The molecule has 1 heterocycles. The summed E-state index contributed by atoms with van der Waals surface area (Å²) in [6.45, 7) is 9.49. The highest BCUT2D eigenvalue weighted by Crippen LogP contribution is 2.22. The van der Waals surface area contributed by atoms with Gasteiger partial charge in [-0.3, -0.25) is 4.90 Å². The number of aliphatic hydroxyl groups excluding tert-OH is 1. The van der Waals surface area contributed by atoms with Gasteiger partial charge in [0.05, 0.1) is 19.3 Å². The van der Waals surface area contributed by atoms with Crippen molar-refractivity contribution in [2.45, 2.75) is 39.3 Å². The highest BCUT2D eigenvalue weighted by molar-refractivity contribution is 5.32. The summed E-state index contributed by atoms with van der Waals surface area (Å²) in [6.07, 6.45) is 0.659. The van der Waals surface area contributed by atoms with Gasteiger partial charge in [0.2, 0.25) is 0 Å². The minimum Gasteiger partial charge on any atom is -0.387 e. The standard InChI is InChI=1S/C16H25NO2/c1-4-14-11-19-8-7-17(14)10-16(18)15-9-12(2)5-6-13(15)3/h5-6,9,14,16,18H,4,7-8,10-11H2,1-3H3. The highest BCUT2D eigenvalue weighted by Gasteiger charge is 2.24. The number of aliphatic hydroxyl groups is 1. The molecule has 2 rings (SSSR count). The lowest BCUT2D eigenvalue weighted by Gasteiger charge is -2.36. The molecule has 2 unspecified atom stereocenters. The average molecular weight is 263 g/mol. The molecular weight excluding hydrogens is 238 g/mol. The van der Waals surface area contributed by atoms with Crippen molar-refractivity contribution < 1.29 is 9.84 Å². The molecule has 3 nitrogen and oxygen atoms in total. The van der Waals surface area contributed by atoms with E-state index in [1.807, 2.05) is 0 Å². The molecule has 1 fully saturated rings. The number of hydrogen-bond donors (Lipinski definition) is 1. The van der Waals surface area contributed by atoms with E-state index in [1.165, 1.54) is 11.1 Å². The lowest BCUT2D eigenvalue weighted by molar-refractivity contribution is -0.0278. The Morgan fingerprint density at radius 1 is 1.42 bits per heavy atom. The van der Waals surface area contributed by atoms with Crippen LogP contribution in [0.5, 0.6) is 0 Å². The van der Waals surface area contributed by atoms with Gasteiger partial charge in [0.15, 0.2) is 0 Å². The fourth-order valence-corrected chi connectivity index (χ4v) is 2.74. The third-order valence-electron chi connectivity index (χ3n) is 4.02.